The van der Waals surface area contributed by atoms with Crippen LogP contribution in [0.15, 0.2) is 60.7 Å². The number of rotatable bonds is 9. The highest BCUT2D eigenvalue weighted by atomic mass is 16.6. The monoisotopic (exact) mass is 512 g/mol. The van der Waals surface area contributed by atoms with Gasteiger partial charge in [-0.25, -0.2) is 14.8 Å². The lowest BCUT2D eigenvalue weighted by Crippen LogP contribution is -2.61. The minimum Gasteiger partial charge on any atom is -0.409 e. The Morgan fingerprint density at radius 2 is 1.13 bits per heavy atom. The highest BCUT2D eigenvalue weighted by Crippen LogP contribution is 2.59. The van der Waals surface area contributed by atoms with Crippen molar-refractivity contribution in [2.75, 3.05) is 49.1 Å². The zero-order chi connectivity index (χ0) is 27.0. The second-order valence-electron chi connectivity index (χ2n) is 9.80. The Morgan fingerprint density at radius 1 is 0.658 bits per heavy atom. The highest BCUT2D eigenvalue weighted by Gasteiger charge is 2.57. The maximum atomic E-state index is 14.1. The Morgan fingerprint density at radius 3 is 1.61 bits per heavy atom. The molecule has 1 heterocycles. The molecule has 5 rings (SSSR count). The molecule has 0 fully saturated rings. The van der Waals surface area contributed by atoms with E-state index in [0.717, 1.165) is 59.7 Å². The van der Waals surface area contributed by atoms with E-state index < -0.39 is 5.54 Å². The molecule has 1 spiro atoms. The molecule has 0 saturated heterocycles. The molecule has 0 unspecified atom stereocenters. The van der Waals surface area contributed by atoms with Gasteiger partial charge in [0.1, 0.15) is 11.3 Å². The average Bonchev–Trinajstić information content (AvgIpc) is 3.23. The van der Waals surface area contributed by atoms with Crippen LogP contribution < -0.4 is 14.5 Å². The molecule has 6 nitrogen and oxygen atoms in total. The van der Waals surface area contributed by atoms with Gasteiger partial charge in [0.25, 0.3) is 0 Å². The van der Waals surface area contributed by atoms with Crippen molar-refractivity contribution in [1.82, 2.24) is 10.0 Å². The predicted octanol–water partition coefficient (Wildman–Crippen LogP) is 6.72. The van der Waals surface area contributed by atoms with Crippen LogP contribution in [0.3, 0.4) is 0 Å². The van der Waals surface area contributed by atoms with Crippen molar-refractivity contribution in [2.24, 2.45) is 0 Å². The van der Waals surface area contributed by atoms with E-state index >= 15 is 0 Å². The minimum absolute atomic E-state index is 0.339. The zero-order valence-electron chi connectivity index (χ0n) is 23.6. The van der Waals surface area contributed by atoms with Crippen LogP contribution in [0.2, 0.25) is 0 Å². The SMILES string of the molecule is CCN(CC)c1cc2c(cc1N(CC)CC)C1(c3ccccc3-c3ccccc31)N(N(CC)CC)C(=O)O2. The average molecular weight is 513 g/mol. The van der Waals surface area contributed by atoms with Gasteiger partial charge in [0.05, 0.1) is 11.4 Å². The van der Waals surface area contributed by atoms with Gasteiger partial charge < -0.3 is 14.5 Å². The lowest BCUT2D eigenvalue weighted by atomic mass is 9.78. The van der Waals surface area contributed by atoms with Gasteiger partial charge in [-0.1, -0.05) is 62.4 Å². The Labute approximate surface area is 227 Å². The van der Waals surface area contributed by atoms with Gasteiger partial charge >= 0.3 is 6.09 Å². The molecule has 0 radical (unpaired) electrons. The molecule has 0 atom stereocenters. The van der Waals surface area contributed by atoms with Crippen LogP contribution in [0.5, 0.6) is 5.75 Å². The first-order chi connectivity index (χ1) is 18.5. The number of amides is 1. The number of benzene rings is 3. The smallest absolute Gasteiger partial charge is 0.409 e. The van der Waals surface area contributed by atoms with Crippen molar-refractivity contribution >= 4 is 17.5 Å². The fourth-order valence-corrected chi connectivity index (χ4v) is 6.51. The van der Waals surface area contributed by atoms with E-state index in [9.17, 15) is 4.79 Å². The Bertz CT molecular complexity index is 1280. The van der Waals surface area contributed by atoms with E-state index in [-0.39, 0.29) is 6.09 Å². The van der Waals surface area contributed by atoms with E-state index in [1.54, 1.807) is 0 Å². The van der Waals surface area contributed by atoms with E-state index in [1.807, 2.05) is 5.01 Å². The number of anilines is 2. The number of hydrogen-bond donors (Lipinski definition) is 0. The summed E-state index contributed by atoms with van der Waals surface area (Å²) in [6.45, 7) is 17.9. The molecule has 3 aromatic rings. The Kier molecular flexibility index (Phi) is 7.10. The second-order valence-corrected chi connectivity index (χ2v) is 9.80. The summed E-state index contributed by atoms with van der Waals surface area (Å²) in [5, 5.41) is 4.00. The third-order valence-corrected chi connectivity index (χ3v) is 8.30. The number of hydrogen-bond acceptors (Lipinski definition) is 5. The molecular weight excluding hydrogens is 472 g/mol. The third-order valence-electron chi connectivity index (χ3n) is 8.30. The van der Waals surface area contributed by atoms with Crippen LogP contribution in [0.1, 0.15) is 58.2 Å². The lowest BCUT2D eigenvalue weighted by Gasteiger charge is -2.50. The molecule has 38 heavy (non-hydrogen) atoms. The molecule has 1 aliphatic carbocycles. The summed E-state index contributed by atoms with van der Waals surface area (Å²) < 4.78 is 6.23. The van der Waals surface area contributed by atoms with Gasteiger partial charge in [0.15, 0.2) is 0 Å². The number of fused-ring (bicyclic) bond motifs is 7. The lowest BCUT2D eigenvalue weighted by molar-refractivity contribution is -0.0577. The first-order valence-electron chi connectivity index (χ1n) is 14.2. The fraction of sp³-hybridized carbons (Fsp3) is 0.406. The quantitative estimate of drug-likeness (QED) is 0.318. The van der Waals surface area contributed by atoms with Crippen LogP contribution in [0.25, 0.3) is 11.1 Å². The van der Waals surface area contributed by atoms with Gasteiger partial charge in [-0.15, -0.1) is 0 Å². The number of hydrazine groups is 1. The fourth-order valence-electron chi connectivity index (χ4n) is 6.51. The van der Waals surface area contributed by atoms with Gasteiger partial charge in [-0.3, -0.25) is 0 Å². The van der Waals surface area contributed by atoms with Crippen molar-refractivity contribution in [1.29, 1.82) is 0 Å². The first kappa shape index (κ1) is 26.1. The van der Waals surface area contributed by atoms with Gasteiger partial charge in [-0.2, -0.15) is 0 Å². The first-order valence-corrected chi connectivity index (χ1v) is 14.2. The molecule has 1 aliphatic heterocycles. The summed E-state index contributed by atoms with van der Waals surface area (Å²) in [5.41, 5.74) is 7.04. The molecule has 200 valence electrons. The van der Waals surface area contributed by atoms with Crippen molar-refractivity contribution < 1.29 is 9.53 Å². The van der Waals surface area contributed by atoms with Gasteiger partial charge in [0.2, 0.25) is 0 Å². The summed E-state index contributed by atoms with van der Waals surface area (Å²) in [6.07, 6.45) is -0.339. The van der Waals surface area contributed by atoms with Crippen LogP contribution in [0.4, 0.5) is 16.2 Å². The van der Waals surface area contributed by atoms with E-state index in [4.69, 9.17) is 4.74 Å². The normalized spacial score (nSPS) is 14.8. The van der Waals surface area contributed by atoms with Crippen molar-refractivity contribution in [3.8, 4) is 16.9 Å². The minimum atomic E-state index is -0.826. The van der Waals surface area contributed by atoms with Crippen molar-refractivity contribution in [3.05, 3.63) is 77.4 Å². The molecular formula is C32H40N4O2. The van der Waals surface area contributed by atoms with Crippen LogP contribution in [-0.4, -0.2) is 55.4 Å². The summed E-state index contributed by atoms with van der Waals surface area (Å²) >= 11 is 0. The van der Waals surface area contributed by atoms with Crippen molar-refractivity contribution in [2.45, 2.75) is 47.1 Å². The van der Waals surface area contributed by atoms with E-state index in [1.165, 1.54) is 5.69 Å². The Balaban J connectivity index is 1.93. The van der Waals surface area contributed by atoms with Crippen LogP contribution in [-0.2, 0) is 5.54 Å². The summed E-state index contributed by atoms with van der Waals surface area (Å²) in [6, 6.07) is 21.5. The van der Waals surface area contributed by atoms with Crippen molar-refractivity contribution in [3.63, 3.8) is 0 Å². The number of carbonyl (C=O) groups excluding carboxylic acids is 1. The summed E-state index contributed by atoms with van der Waals surface area (Å²) in [4.78, 5) is 18.8. The molecule has 0 saturated carbocycles. The maximum Gasteiger partial charge on any atom is 0.431 e. The number of nitrogens with zero attached hydrogens (tertiary/aromatic N) is 4. The topological polar surface area (TPSA) is 39.3 Å². The number of ether oxygens (including phenoxy) is 1. The second kappa shape index (κ2) is 10.3. The van der Waals surface area contributed by atoms with Crippen LogP contribution >= 0.6 is 0 Å². The maximum absolute atomic E-state index is 14.1. The van der Waals surface area contributed by atoms with Gasteiger partial charge in [0, 0.05) is 50.9 Å². The van der Waals surface area contributed by atoms with Crippen LogP contribution in [0, 0.1) is 0 Å². The van der Waals surface area contributed by atoms with Gasteiger partial charge in [-0.05, 0) is 56.0 Å². The third kappa shape index (κ3) is 3.61. The van der Waals surface area contributed by atoms with E-state index in [0.29, 0.717) is 18.8 Å². The predicted molar refractivity (Wildman–Crippen MR) is 156 cm³/mol. The molecule has 0 bridgehead atoms. The molecule has 0 N–H and O–H groups in total. The summed E-state index contributed by atoms with van der Waals surface area (Å²) in [7, 11) is 0. The number of carbonyl (C=O) groups is 1. The standard InChI is InChI=1S/C32H40N4O2/c1-7-33(8-2)28-21-27-30(22-29(28)34(9-3)10-4)38-31(37)36(35(11-5)12-6)32(27)25-19-15-13-17-23(25)24-18-14-16-20-26(24)32/h13-22H,7-12H2,1-6H3. The molecule has 1 amide bonds. The van der Waals surface area contributed by atoms with E-state index in [2.05, 4.69) is 117 Å². The molecule has 0 aromatic heterocycles. The molecule has 3 aromatic carbocycles. The summed E-state index contributed by atoms with van der Waals surface area (Å²) in [5.74, 6) is 0.641. The Hall–Kier alpha value is -3.51. The molecule has 2 aliphatic rings. The largest absolute Gasteiger partial charge is 0.431 e. The zero-order valence-corrected chi connectivity index (χ0v) is 23.6. The highest BCUT2D eigenvalue weighted by molar-refractivity contribution is 5.91. The molecule has 6 heteroatoms.